The smallest absolute Gasteiger partial charge is 0.191 e. The number of methoxy groups -OCH3 is 1. The van der Waals surface area contributed by atoms with Gasteiger partial charge in [-0.1, -0.05) is 23.9 Å². The molecule has 0 aliphatic rings. The van der Waals surface area contributed by atoms with E-state index in [-0.39, 0.29) is 18.4 Å². The van der Waals surface area contributed by atoms with Gasteiger partial charge in [0.15, 0.2) is 22.5 Å². The van der Waals surface area contributed by atoms with Crippen molar-refractivity contribution in [3.05, 3.63) is 54.3 Å². The Bertz CT molecular complexity index is 931. The number of ether oxygens (including phenoxy) is 2. The number of thioether (sulfide) groups is 1. The molecule has 0 aliphatic heterocycles. The monoisotopic (exact) mass is 417 g/mol. The van der Waals surface area contributed by atoms with Gasteiger partial charge in [0.25, 0.3) is 0 Å². The van der Waals surface area contributed by atoms with Crippen molar-refractivity contribution in [1.82, 2.24) is 14.8 Å². The van der Waals surface area contributed by atoms with Crippen molar-refractivity contribution in [2.75, 3.05) is 19.5 Å². The standard InChI is InChI=1S/C21H24FN3O3S/c1-14(2)25-20(15-8-10-17(27-3)11-9-15)23-24-21(25)29-13-16(26)12-28-19-7-5-4-6-18(19)22/h4-11,14,16,26H,12-13H2,1-3H3/t16-/m1/s1. The molecule has 0 spiro atoms. The molecule has 1 heterocycles. The van der Waals surface area contributed by atoms with Crippen LogP contribution in [0.2, 0.25) is 0 Å². The molecule has 0 saturated carbocycles. The summed E-state index contributed by atoms with van der Waals surface area (Å²) in [4.78, 5) is 0. The second kappa shape index (κ2) is 9.76. The molecule has 3 rings (SSSR count). The molecule has 0 bridgehead atoms. The van der Waals surface area contributed by atoms with Gasteiger partial charge in [0, 0.05) is 17.4 Å². The van der Waals surface area contributed by atoms with Gasteiger partial charge in [-0.25, -0.2) is 4.39 Å². The fraction of sp³-hybridized carbons (Fsp3) is 0.333. The number of para-hydroxylation sites is 1. The van der Waals surface area contributed by atoms with Gasteiger partial charge in [-0.3, -0.25) is 4.57 Å². The van der Waals surface area contributed by atoms with Crippen LogP contribution in [0.15, 0.2) is 53.7 Å². The highest BCUT2D eigenvalue weighted by molar-refractivity contribution is 7.99. The molecule has 0 radical (unpaired) electrons. The van der Waals surface area contributed by atoms with E-state index in [9.17, 15) is 9.50 Å². The number of hydrogen-bond acceptors (Lipinski definition) is 6. The first-order chi connectivity index (χ1) is 14.0. The maximum atomic E-state index is 13.6. The molecule has 154 valence electrons. The lowest BCUT2D eigenvalue weighted by Crippen LogP contribution is -2.21. The first-order valence-electron chi connectivity index (χ1n) is 9.27. The van der Waals surface area contributed by atoms with Crippen LogP contribution in [0.5, 0.6) is 11.5 Å². The number of hydrogen-bond donors (Lipinski definition) is 1. The fourth-order valence-electron chi connectivity index (χ4n) is 2.74. The zero-order valence-electron chi connectivity index (χ0n) is 16.6. The molecular weight excluding hydrogens is 393 g/mol. The largest absolute Gasteiger partial charge is 0.497 e. The maximum Gasteiger partial charge on any atom is 0.191 e. The molecule has 3 aromatic rings. The third kappa shape index (κ3) is 5.27. The first-order valence-corrected chi connectivity index (χ1v) is 10.3. The van der Waals surface area contributed by atoms with E-state index in [1.165, 1.54) is 23.9 Å². The minimum Gasteiger partial charge on any atom is -0.497 e. The van der Waals surface area contributed by atoms with Crippen LogP contribution < -0.4 is 9.47 Å². The Morgan fingerprint density at radius 3 is 2.48 bits per heavy atom. The summed E-state index contributed by atoms with van der Waals surface area (Å²) in [7, 11) is 1.63. The second-order valence-corrected chi connectivity index (χ2v) is 7.69. The highest BCUT2D eigenvalue weighted by atomic mass is 32.2. The highest BCUT2D eigenvalue weighted by Crippen LogP contribution is 2.29. The van der Waals surface area contributed by atoms with E-state index in [1.807, 2.05) is 28.8 Å². The second-order valence-electron chi connectivity index (χ2n) is 6.70. The molecule has 29 heavy (non-hydrogen) atoms. The average molecular weight is 418 g/mol. The zero-order valence-corrected chi connectivity index (χ0v) is 17.4. The van der Waals surface area contributed by atoms with E-state index in [0.29, 0.717) is 10.9 Å². The van der Waals surface area contributed by atoms with Crippen LogP contribution in [-0.4, -0.2) is 45.4 Å². The predicted octanol–water partition coefficient (Wildman–Crippen LogP) is 4.21. The van der Waals surface area contributed by atoms with E-state index >= 15 is 0 Å². The molecule has 1 aromatic heterocycles. The molecule has 0 saturated heterocycles. The van der Waals surface area contributed by atoms with E-state index in [0.717, 1.165) is 17.1 Å². The Kier molecular flexibility index (Phi) is 7.11. The Morgan fingerprint density at radius 2 is 1.83 bits per heavy atom. The van der Waals surface area contributed by atoms with E-state index in [4.69, 9.17) is 9.47 Å². The van der Waals surface area contributed by atoms with Crippen molar-refractivity contribution in [3.8, 4) is 22.9 Å². The van der Waals surface area contributed by atoms with Gasteiger partial charge in [0.05, 0.1) is 13.2 Å². The summed E-state index contributed by atoms with van der Waals surface area (Å²) < 4.78 is 26.2. The Hall–Kier alpha value is -2.58. The lowest BCUT2D eigenvalue weighted by molar-refractivity contribution is 0.123. The summed E-state index contributed by atoms with van der Waals surface area (Å²) in [5.41, 5.74) is 0.933. The third-order valence-electron chi connectivity index (χ3n) is 4.20. The van der Waals surface area contributed by atoms with Crippen molar-refractivity contribution in [2.45, 2.75) is 31.1 Å². The number of benzene rings is 2. The van der Waals surface area contributed by atoms with Crippen LogP contribution in [0.4, 0.5) is 4.39 Å². The first kappa shape index (κ1) is 21.1. The topological polar surface area (TPSA) is 69.4 Å². The van der Waals surface area contributed by atoms with Crippen LogP contribution in [-0.2, 0) is 0 Å². The molecular formula is C21H24FN3O3S. The number of rotatable bonds is 9. The van der Waals surface area contributed by atoms with Crippen LogP contribution in [0, 0.1) is 5.82 Å². The van der Waals surface area contributed by atoms with Crippen LogP contribution in [0.1, 0.15) is 19.9 Å². The molecule has 1 N–H and O–H groups in total. The van der Waals surface area contributed by atoms with E-state index in [1.54, 1.807) is 19.2 Å². The number of halogens is 1. The number of aromatic nitrogens is 3. The highest BCUT2D eigenvalue weighted by Gasteiger charge is 2.18. The van der Waals surface area contributed by atoms with Crippen molar-refractivity contribution < 1.29 is 19.0 Å². The molecule has 0 aliphatic carbocycles. The minimum atomic E-state index is -0.777. The van der Waals surface area contributed by atoms with Gasteiger partial charge < -0.3 is 14.6 Å². The van der Waals surface area contributed by atoms with Gasteiger partial charge in [-0.2, -0.15) is 0 Å². The summed E-state index contributed by atoms with van der Waals surface area (Å²) in [5.74, 6) is 1.56. The van der Waals surface area contributed by atoms with Crippen molar-refractivity contribution in [2.24, 2.45) is 0 Å². The van der Waals surface area contributed by atoms with Crippen LogP contribution in [0.3, 0.4) is 0 Å². The molecule has 6 nitrogen and oxygen atoms in total. The van der Waals surface area contributed by atoms with Gasteiger partial charge in [-0.05, 0) is 50.2 Å². The van der Waals surface area contributed by atoms with Gasteiger partial charge in [0.2, 0.25) is 0 Å². The molecule has 2 aromatic carbocycles. The summed E-state index contributed by atoms with van der Waals surface area (Å²) in [6.45, 7) is 4.10. The Balaban J connectivity index is 1.66. The van der Waals surface area contributed by atoms with Crippen molar-refractivity contribution >= 4 is 11.8 Å². The van der Waals surface area contributed by atoms with Crippen LogP contribution >= 0.6 is 11.8 Å². The zero-order chi connectivity index (χ0) is 20.8. The third-order valence-corrected chi connectivity index (χ3v) is 5.29. The minimum absolute atomic E-state index is 0.00487. The lowest BCUT2D eigenvalue weighted by atomic mass is 10.2. The van der Waals surface area contributed by atoms with Crippen molar-refractivity contribution in [1.29, 1.82) is 0 Å². The van der Waals surface area contributed by atoms with Gasteiger partial charge in [0.1, 0.15) is 12.4 Å². The molecule has 0 amide bonds. The number of aliphatic hydroxyl groups is 1. The summed E-state index contributed by atoms with van der Waals surface area (Å²) >= 11 is 1.39. The van der Waals surface area contributed by atoms with Crippen LogP contribution in [0.25, 0.3) is 11.4 Å². The summed E-state index contributed by atoms with van der Waals surface area (Å²) in [5, 5.41) is 19.6. The molecule has 1 atom stereocenters. The quantitative estimate of drug-likeness (QED) is 0.526. The molecule has 8 heteroatoms. The maximum absolute atomic E-state index is 13.6. The predicted molar refractivity (Wildman–Crippen MR) is 111 cm³/mol. The number of nitrogens with zero attached hydrogens (tertiary/aromatic N) is 3. The summed E-state index contributed by atoms with van der Waals surface area (Å²) in [6, 6.07) is 13.9. The van der Waals surface area contributed by atoms with Gasteiger partial charge in [-0.15, -0.1) is 10.2 Å². The van der Waals surface area contributed by atoms with Gasteiger partial charge >= 0.3 is 0 Å². The van der Waals surface area contributed by atoms with E-state index in [2.05, 4.69) is 24.0 Å². The van der Waals surface area contributed by atoms with Crippen molar-refractivity contribution in [3.63, 3.8) is 0 Å². The Labute approximate surface area is 173 Å². The summed E-state index contributed by atoms with van der Waals surface area (Å²) in [6.07, 6.45) is -0.777. The Morgan fingerprint density at radius 1 is 1.10 bits per heavy atom. The average Bonchev–Trinajstić information content (AvgIpc) is 3.16. The lowest BCUT2D eigenvalue weighted by Gasteiger charge is -2.15. The molecule has 0 fully saturated rings. The van der Waals surface area contributed by atoms with E-state index < -0.39 is 11.9 Å². The normalized spacial score (nSPS) is 12.2. The fourth-order valence-corrected chi connectivity index (χ4v) is 3.72. The SMILES string of the molecule is COc1ccc(-c2nnc(SC[C@H](O)COc3ccccc3F)n2C(C)C)cc1. The molecule has 0 unspecified atom stereocenters. The number of aliphatic hydroxyl groups excluding tert-OH is 1.